The highest BCUT2D eigenvalue weighted by atomic mass is 16.3. The summed E-state index contributed by atoms with van der Waals surface area (Å²) in [7, 11) is 0. The van der Waals surface area contributed by atoms with Gasteiger partial charge in [-0.25, -0.2) is 0 Å². The van der Waals surface area contributed by atoms with Gasteiger partial charge in [0.15, 0.2) is 0 Å². The standard InChI is InChI=1S/C24H30N2O2/c1-16-10-17(2)23-18(14-26-22(23)11-16)13-25-15-20-6-3-4-9-24(20,28)19-7-5-8-21(27)12-19/h5,7-8,10-12,14,20,25-28H,3-4,6,9,13,15H2,1-2H3. The van der Waals surface area contributed by atoms with Crippen LogP contribution in [0.3, 0.4) is 0 Å². The number of aromatic nitrogens is 1. The highest BCUT2D eigenvalue weighted by Gasteiger charge is 2.40. The van der Waals surface area contributed by atoms with Gasteiger partial charge in [-0.3, -0.25) is 0 Å². The van der Waals surface area contributed by atoms with Crippen LogP contribution in [0.1, 0.15) is 47.9 Å². The van der Waals surface area contributed by atoms with Gasteiger partial charge in [-0.05, 0) is 67.1 Å². The van der Waals surface area contributed by atoms with E-state index >= 15 is 0 Å². The Kier molecular flexibility index (Phi) is 5.17. The smallest absolute Gasteiger partial charge is 0.115 e. The van der Waals surface area contributed by atoms with Crippen molar-refractivity contribution in [2.24, 2.45) is 5.92 Å². The normalized spacial score (nSPS) is 22.6. The fourth-order valence-corrected chi connectivity index (χ4v) is 4.92. The minimum absolute atomic E-state index is 0.136. The quantitative estimate of drug-likeness (QED) is 0.522. The van der Waals surface area contributed by atoms with E-state index in [0.717, 1.165) is 44.3 Å². The Hall–Kier alpha value is -2.30. The lowest BCUT2D eigenvalue weighted by Gasteiger charge is -2.40. The lowest BCUT2D eigenvalue weighted by molar-refractivity contribution is -0.0538. The molecule has 0 saturated heterocycles. The van der Waals surface area contributed by atoms with Crippen molar-refractivity contribution in [1.82, 2.24) is 10.3 Å². The summed E-state index contributed by atoms with van der Waals surface area (Å²) < 4.78 is 0. The molecule has 1 saturated carbocycles. The molecule has 0 radical (unpaired) electrons. The van der Waals surface area contributed by atoms with Crippen LogP contribution in [-0.4, -0.2) is 21.7 Å². The molecule has 2 unspecified atom stereocenters. The first-order valence-electron chi connectivity index (χ1n) is 10.3. The van der Waals surface area contributed by atoms with Gasteiger partial charge in [-0.2, -0.15) is 0 Å². The summed E-state index contributed by atoms with van der Waals surface area (Å²) in [5.41, 5.74) is 4.97. The van der Waals surface area contributed by atoms with E-state index in [9.17, 15) is 10.2 Å². The van der Waals surface area contributed by atoms with Crippen LogP contribution in [0, 0.1) is 19.8 Å². The number of phenolic OH excluding ortho intramolecular Hbond substituents is 1. The molecule has 28 heavy (non-hydrogen) atoms. The van der Waals surface area contributed by atoms with Gasteiger partial charge in [0.2, 0.25) is 0 Å². The van der Waals surface area contributed by atoms with Crippen LogP contribution in [0.2, 0.25) is 0 Å². The molecule has 1 aromatic heterocycles. The Morgan fingerprint density at radius 2 is 2.04 bits per heavy atom. The van der Waals surface area contributed by atoms with Gasteiger partial charge in [0.1, 0.15) is 5.75 Å². The summed E-state index contributed by atoms with van der Waals surface area (Å²) in [6, 6.07) is 11.5. The second kappa shape index (κ2) is 7.61. The minimum atomic E-state index is -0.878. The molecule has 0 spiro atoms. The Morgan fingerprint density at radius 1 is 1.18 bits per heavy atom. The van der Waals surface area contributed by atoms with Gasteiger partial charge in [0.05, 0.1) is 5.60 Å². The van der Waals surface area contributed by atoms with E-state index in [-0.39, 0.29) is 11.7 Å². The number of phenols is 1. The third kappa shape index (κ3) is 3.54. The van der Waals surface area contributed by atoms with Crippen molar-refractivity contribution < 1.29 is 10.2 Å². The van der Waals surface area contributed by atoms with Crippen molar-refractivity contribution in [2.75, 3.05) is 6.54 Å². The maximum Gasteiger partial charge on any atom is 0.115 e. The molecule has 148 valence electrons. The molecule has 1 aliphatic carbocycles. The first kappa shape index (κ1) is 19.0. The number of aromatic amines is 1. The molecule has 2 atom stereocenters. The van der Waals surface area contributed by atoms with Crippen molar-refractivity contribution >= 4 is 10.9 Å². The number of benzene rings is 2. The zero-order valence-corrected chi connectivity index (χ0v) is 16.8. The molecule has 4 N–H and O–H groups in total. The topological polar surface area (TPSA) is 68.3 Å². The number of hydrogen-bond donors (Lipinski definition) is 4. The Labute approximate surface area is 166 Å². The highest BCUT2D eigenvalue weighted by Crippen LogP contribution is 2.42. The predicted molar refractivity (Wildman–Crippen MR) is 113 cm³/mol. The first-order chi connectivity index (χ1) is 13.5. The number of hydrogen-bond acceptors (Lipinski definition) is 3. The molecular weight excluding hydrogens is 348 g/mol. The van der Waals surface area contributed by atoms with E-state index in [0.29, 0.717) is 0 Å². The van der Waals surface area contributed by atoms with Crippen molar-refractivity contribution in [2.45, 2.75) is 51.7 Å². The summed E-state index contributed by atoms with van der Waals surface area (Å²) in [6.07, 6.45) is 5.98. The molecule has 1 heterocycles. The molecule has 3 aromatic rings. The molecular formula is C24H30N2O2. The zero-order chi connectivity index (χ0) is 19.7. The summed E-state index contributed by atoms with van der Waals surface area (Å²) in [6.45, 7) is 5.81. The van der Waals surface area contributed by atoms with Crippen LogP contribution < -0.4 is 5.32 Å². The number of H-pyrrole nitrogens is 1. The van der Waals surface area contributed by atoms with Crippen molar-refractivity contribution in [3.05, 3.63) is 64.8 Å². The second-order valence-corrected chi connectivity index (χ2v) is 8.37. The molecule has 4 rings (SSSR count). The lowest BCUT2D eigenvalue weighted by atomic mass is 9.71. The summed E-state index contributed by atoms with van der Waals surface area (Å²) >= 11 is 0. The van der Waals surface area contributed by atoms with Crippen LogP contribution in [0.25, 0.3) is 10.9 Å². The first-order valence-corrected chi connectivity index (χ1v) is 10.3. The van der Waals surface area contributed by atoms with Crippen molar-refractivity contribution in [3.8, 4) is 5.75 Å². The Balaban J connectivity index is 1.49. The van der Waals surface area contributed by atoms with Gasteiger partial charge < -0.3 is 20.5 Å². The number of nitrogens with one attached hydrogen (secondary N) is 2. The average Bonchev–Trinajstić information content (AvgIpc) is 3.06. The van der Waals surface area contributed by atoms with Gasteiger partial charge in [-0.15, -0.1) is 0 Å². The van der Waals surface area contributed by atoms with E-state index < -0.39 is 5.60 Å². The van der Waals surface area contributed by atoms with Crippen LogP contribution in [0.4, 0.5) is 0 Å². The van der Waals surface area contributed by atoms with E-state index in [2.05, 4.69) is 42.5 Å². The van der Waals surface area contributed by atoms with Gasteiger partial charge in [0, 0.05) is 36.1 Å². The van der Waals surface area contributed by atoms with Gasteiger partial charge in [0.25, 0.3) is 0 Å². The fourth-order valence-electron chi connectivity index (χ4n) is 4.92. The number of aliphatic hydroxyl groups is 1. The predicted octanol–water partition coefficient (Wildman–Crippen LogP) is 4.66. The molecule has 1 fully saturated rings. The monoisotopic (exact) mass is 378 g/mol. The maximum absolute atomic E-state index is 11.5. The Morgan fingerprint density at radius 3 is 2.86 bits per heavy atom. The van der Waals surface area contributed by atoms with Crippen molar-refractivity contribution in [3.63, 3.8) is 0 Å². The molecule has 0 aliphatic heterocycles. The average molecular weight is 379 g/mol. The number of rotatable bonds is 5. The minimum Gasteiger partial charge on any atom is -0.508 e. The van der Waals surface area contributed by atoms with Crippen molar-refractivity contribution in [1.29, 1.82) is 0 Å². The van der Waals surface area contributed by atoms with E-state index in [1.807, 2.05) is 12.1 Å². The van der Waals surface area contributed by atoms with E-state index in [1.54, 1.807) is 12.1 Å². The van der Waals surface area contributed by atoms with Gasteiger partial charge >= 0.3 is 0 Å². The molecule has 4 nitrogen and oxygen atoms in total. The SMILES string of the molecule is Cc1cc(C)c2c(CNCC3CCCCC3(O)c3cccc(O)c3)c[nH]c2c1. The third-order valence-electron chi connectivity index (χ3n) is 6.29. The highest BCUT2D eigenvalue weighted by molar-refractivity contribution is 5.87. The summed E-state index contributed by atoms with van der Waals surface area (Å²) in [5.74, 6) is 0.351. The lowest BCUT2D eigenvalue weighted by Crippen LogP contribution is -2.43. The van der Waals surface area contributed by atoms with Crippen LogP contribution in [-0.2, 0) is 12.1 Å². The summed E-state index contributed by atoms with van der Waals surface area (Å²) in [4.78, 5) is 3.39. The van der Waals surface area contributed by atoms with E-state index in [1.165, 1.54) is 27.6 Å². The molecule has 2 aromatic carbocycles. The van der Waals surface area contributed by atoms with Gasteiger partial charge in [-0.1, -0.05) is 31.0 Å². The van der Waals surface area contributed by atoms with Crippen LogP contribution in [0.5, 0.6) is 5.75 Å². The molecule has 4 heteroatoms. The number of fused-ring (bicyclic) bond motifs is 1. The maximum atomic E-state index is 11.5. The second-order valence-electron chi connectivity index (χ2n) is 8.37. The largest absolute Gasteiger partial charge is 0.508 e. The van der Waals surface area contributed by atoms with Crippen LogP contribution >= 0.6 is 0 Å². The number of aryl methyl sites for hydroxylation is 2. The molecule has 1 aliphatic rings. The fraction of sp³-hybridized carbons (Fsp3) is 0.417. The summed E-state index contributed by atoms with van der Waals surface area (Å²) in [5, 5.41) is 26.2. The Bertz CT molecular complexity index is 978. The number of aromatic hydroxyl groups is 1. The molecule has 0 bridgehead atoms. The zero-order valence-electron chi connectivity index (χ0n) is 16.8. The molecule has 0 amide bonds. The van der Waals surface area contributed by atoms with Crippen LogP contribution in [0.15, 0.2) is 42.6 Å². The van der Waals surface area contributed by atoms with E-state index in [4.69, 9.17) is 0 Å². The third-order valence-corrected chi connectivity index (χ3v) is 6.29.